The highest BCUT2D eigenvalue weighted by atomic mass is 35.5. The van der Waals surface area contributed by atoms with Gasteiger partial charge in [0.1, 0.15) is 5.75 Å². The summed E-state index contributed by atoms with van der Waals surface area (Å²) in [6, 6.07) is 14.0. The van der Waals surface area contributed by atoms with Gasteiger partial charge in [0.15, 0.2) is 10.8 Å². The number of nitrogens with zero attached hydrogens (tertiary/aromatic N) is 3. The van der Waals surface area contributed by atoms with Gasteiger partial charge in [0.2, 0.25) is 11.8 Å². The maximum atomic E-state index is 12.3. The summed E-state index contributed by atoms with van der Waals surface area (Å²) in [5.74, 6) is 0.0132. The van der Waals surface area contributed by atoms with Crippen molar-refractivity contribution < 1.29 is 19.1 Å². The summed E-state index contributed by atoms with van der Waals surface area (Å²) < 4.78 is 10.5. The predicted molar refractivity (Wildman–Crippen MR) is 120 cm³/mol. The van der Waals surface area contributed by atoms with Crippen molar-refractivity contribution in [3.05, 3.63) is 75.9 Å². The lowest BCUT2D eigenvalue weighted by molar-refractivity contribution is -0.130. The zero-order valence-electron chi connectivity index (χ0n) is 16.5. The minimum atomic E-state index is -0.583. The molecule has 0 saturated heterocycles. The zero-order chi connectivity index (χ0) is 22.0. The second kappa shape index (κ2) is 8.71. The summed E-state index contributed by atoms with van der Waals surface area (Å²) in [5.41, 5.74) is 1.82. The number of aliphatic imine (C=N–C) groups is 1. The van der Waals surface area contributed by atoms with Crippen molar-refractivity contribution in [3.8, 4) is 5.75 Å². The number of aromatic nitrogens is 1. The van der Waals surface area contributed by atoms with E-state index < -0.39 is 5.97 Å². The normalized spacial score (nSPS) is 14.4. The molecule has 0 spiro atoms. The summed E-state index contributed by atoms with van der Waals surface area (Å²) in [6.07, 6.45) is 1.52. The van der Waals surface area contributed by atoms with Crippen LogP contribution in [-0.4, -0.2) is 29.9 Å². The fraction of sp³-hybridized carbons (Fsp3) is 0.0909. The van der Waals surface area contributed by atoms with Gasteiger partial charge in [-0.05, 0) is 36.4 Å². The average molecular weight is 454 g/mol. The number of carbonyl (C=O) groups is 2. The van der Waals surface area contributed by atoms with Crippen molar-refractivity contribution in [2.45, 2.75) is 6.92 Å². The molecular formula is C22H16ClN3O4S. The van der Waals surface area contributed by atoms with Crippen molar-refractivity contribution in [1.29, 1.82) is 0 Å². The van der Waals surface area contributed by atoms with Crippen LogP contribution in [0.4, 0.5) is 10.8 Å². The Hall–Kier alpha value is -3.49. The fourth-order valence-electron chi connectivity index (χ4n) is 2.92. The van der Waals surface area contributed by atoms with Crippen LogP contribution in [-0.2, 0) is 14.3 Å². The molecule has 7 nitrogen and oxygen atoms in total. The summed E-state index contributed by atoms with van der Waals surface area (Å²) >= 11 is 7.26. The summed E-state index contributed by atoms with van der Waals surface area (Å²) in [7, 11) is 1.56. The predicted octanol–water partition coefficient (Wildman–Crippen LogP) is 4.83. The van der Waals surface area contributed by atoms with Crippen molar-refractivity contribution >= 4 is 57.6 Å². The molecule has 0 N–H and O–H groups in total. The van der Waals surface area contributed by atoms with Crippen LogP contribution in [0.5, 0.6) is 5.75 Å². The Morgan fingerprint density at radius 2 is 2.03 bits per heavy atom. The van der Waals surface area contributed by atoms with Crippen LogP contribution in [0.2, 0.25) is 5.02 Å². The third-order valence-electron chi connectivity index (χ3n) is 4.30. The molecule has 0 fully saturated rings. The molecule has 0 saturated carbocycles. The van der Waals surface area contributed by atoms with E-state index in [9.17, 15) is 9.59 Å². The van der Waals surface area contributed by atoms with Crippen LogP contribution < -0.4 is 9.64 Å². The quantitative estimate of drug-likeness (QED) is 0.408. The lowest BCUT2D eigenvalue weighted by Crippen LogP contribution is -2.22. The SMILES string of the molecule is COc1cccc(N(C(C)=O)c2nc(/C=C3/N=C(c4cccc(Cl)c4)OC3=O)cs2)c1. The smallest absolute Gasteiger partial charge is 0.363 e. The molecule has 0 unspecified atom stereocenters. The van der Waals surface area contributed by atoms with Gasteiger partial charge < -0.3 is 9.47 Å². The number of carbonyl (C=O) groups excluding carboxylic acids is 2. The molecule has 9 heteroatoms. The average Bonchev–Trinajstić information content (AvgIpc) is 3.35. The van der Waals surface area contributed by atoms with Crippen LogP contribution in [0, 0.1) is 0 Å². The molecule has 0 aliphatic carbocycles. The van der Waals surface area contributed by atoms with Gasteiger partial charge in [-0.3, -0.25) is 9.69 Å². The molecule has 4 rings (SSSR count). The number of esters is 1. The van der Waals surface area contributed by atoms with Crippen molar-refractivity contribution in [2.24, 2.45) is 4.99 Å². The third-order valence-corrected chi connectivity index (χ3v) is 5.38. The first-order valence-electron chi connectivity index (χ1n) is 9.13. The first kappa shape index (κ1) is 20.8. The monoisotopic (exact) mass is 453 g/mol. The number of hydrogen-bond donors (Lipinski definition) is 0. The van der Waals surface area contributed by atoms with Gasteiger partial charge >= 0.3 is 5.97 Å². The van der Waals surface area contributed by atoms with Crippen molar-refractivity contribution in [3.63, 3.8) is 0 Å². The second-order valence-electron chi connectivity index (χ2n) is 6.46. The largest absolute Gasteiger partial charge is 0.497 e. The highest BCUT2D eigenvalue weighted by molar-refractivity contribution is 7.14. The van der Waals surface area contributed by atoms with E-state index in [0.29, 0.717) is 32.8 Å². The molecule has 1 aromatic heterocycles. The molecular weight excluding hydrogens is 438 g/mol. The number of amides is 1. The lowest BCUT2D eigenvalue weighted by Gasteiger charge is -2.18. The minimum Gasteiger partial charge on any atom is -0.497 e. The van der Waals surface area contributed by atoms with Gasteiger partial charge in [0.05, 0.1) is 18.5 Å². The van der Waals surface area contributed by atoms with Crippen molar-refractivity contribution in [1.82, 2.24) is 4.98 Å². The summed E-state index contributed by atoms with van der Waals surface area (Å²) in [6.45, 7) is 1.45. The zero-order valence-corrected chi connectivity index (χ0v) is 18.1. The highest BCUT2D eigenvalue weighted by Crippen LogP contribution is 2.32. The molecule has 1 amide bonds. The number of ether oxygens (including phenoxy) is 2. The summed E-state index contributed by atoms with van der Waals surface area (Å²) in [5, 5.41) is 2.70. The van der Waals surface area contributed by atoms with E-state index in [1.807, 2.05) is 0 Å². The number of rotatable bonds is 5. The molecule has 3 aromatic rings. The number of thiazole rings is 1. The Morgan fingerprint density at radius 3 is 2.77 bits per heavy atom. The molecule has 1 aliphatic rings. The molecule has 2 aromatic carbocycles. The Labute approximate surface area is 187 Å². The maximum absolute atomic E-state index is 12.3. The van der Waals surface area contributed by atoms with Gasteiger partial charge in [-0.2, -0.15) is 0 Å². The van der Waals surface area contributed by atoms with Gasteiger partial charge in [0, 0.05) is 29.0 Å². The molecule has 31 heavy (non-hydrogen) atoms. The lowest BCUT2D eigenvalue weighted by atomic mass is 10.2. The van der Waals surface area contributed by atoms with E-state index in [1.165, 1.54) is 29.2 Å². The molecule has 0 bridgehead atoms. The number of cyclic esters (lactones) is 1. The number of halogens is 1. The first-order valence-corrected chi connectivity index (χ1v) is 10.4. The van der Waals surface area contributed by atoms with E-state index in [4.69, 9.17) is 21.1 Å². The highest BCUT2D eigenvalue weighted by Gasteiger charge is 2.25. The van der Waals surface area contributed by atoms with E-state index >= 15 is 0 Å². The fourth-order valence-corrected chi connectivity index (χ4v) is 3.95. The number of hydrogen-bond acceptors (Lipinski definition) is 7. The minimum absolute atomic E-state index is 0.114. The topological polar surface area (TPSA) is 81.1 Å². The maximum Gasteiger partial charge on any atom is 0.363 e. The Kier molecular flexibility index (Phi) is 5.83. The molecule has 0 atom stereocenters. The van der Waals surface area contributed by atoms with E-state index in [2.05, 4.69) is 9.98 Å². The summed E-state index contributed by atoms with van der Waals surface area (Å²) in [4.78, 5) is 34.8. The third kappa shape index (κ3) is 4.50. The van der Waals surface area contributed by atoms with Gasteiger partial charge in [-0.15, -0.1) is 11.3 Å². The van der Waals surface area contributed by atoms with E-state index in [1.54, 1.807) is 61.0 Å². The van der Waals surface area contributed by atoms with Gasteiger partial charge in [0.25, 0.3) is 0 Å². The molecule has 156 valence electrons. The van der Waals surface area contributed by atoms with Crippen LogP contribution in [0.25, 0.3) is 6.08 Å². The van der Waals surface area contributed by atoms with Crippen LogP contribution in [0.15, 0.2) is 64.6 Å². The molecule has 2 heterocycles. The van der Waals surface area contributed by atoms with Crippen LogP contribution >= 0.6 is 22.9 Å². The number of methoxy groups -OCH3 is 1. The van der Waals surface area contributed by atoms with Gasteiger partial charge in [-0.1, -0.05) is 23.7 Å². The standard InChI is InChI=1S/C22H16ClN3O4S/c1-13(27)26(17-7-4-8-18(11-17)29-2)22-24-16(12-31-22)10-19-21(28)30-20(25-19)14-5-3-6-15(23)9-14/h3-12H,1-2H3/b19-10+. The van der Waals surface area contributed by atoms with Crippen LogP contribution in [0.3, 0.4) is 0 Å². The Bertz CT molecular complexity index is 1230. The van der Waals surface area contributed by atoms with E-state index in [-0.39, 0.29) is 17.5 Å². The second-order valence-corrected chi connectivity index (χ2v) is 7.73. The van der Waals surface area contributed by atoms with Gasteiger partial charge in [-0.25, -0.2) is 14.8 Å². The number of benzene rings is 2. The van der Waals surface area contributed by atoms with E-state index in [0.717, 1.165) is 0 Å². The Balaban J connectivity index is 1.64. The molecule has 0 radical (unpaired) electrons. The number of anilines is 2. The van der Waals surface area contributed by atoms with Crippen LogP contribution in [0.1, 0.15) is 18.2 Å². The Morgan fingerprint density at radius 1 is 1.23 bits per heavy atom. The van der Waals surface area contributed by atoms with Crippen molar-refractivity contribution in [2.75, 3.05) is 12.0 Å². The molecule has 1 aliphatic heterocycles. The first-order chi connectivity index (χ1) is 14.9.